The molecule has 106 valence electrons. The molecule has 0 unspecified atom stereocenters. The van der Waals surface area contributed by atoms with Crippen molar-refractivity contribution in [2.45, 2.75) is 6.54 Å². The predicted octanol–water partition coefficient (Wildman–Crippen LogP) is 3.95. The second-order valence-corrected chi connectivity index (χ2v) is 5.89. The Kier molecular flexibility index (Phi) is 3.94. The number of halogens is 2. The van der Waals surface area contributed by atoms with Crippen LogP contribution in [-0.2, 0) is 6.54 Å². The molecule has 4 nitrogen and oxygen atoms in total. The van der Waals surface area contributed by atoms with Gasteiger partial charge in [-0.25, -0.2) is 4.98 Å². The van der Waals surface area contributed by atoms with Crippen LogP contribution in [0.2, 0.25) is 5.02 Å². The number of benzene rings is 2. The van der Waals surface area contributed by atoms with Gasteiger partial charge in [-0.2, -0.15) is 0 Å². The van der Waals surface area contributed by atoms with Crippen molar-refractivity contribution in [3.8, 4) is 0 Å². The molecule has 3 rings (SSSR count). The molecule has 2 N–H and O–H groups in total. The van der Waals surface area contributed by atoms with Crippen LogP contribution in [0.4, 0.5) is 5.69 Å². The molecule has 0 amide bonds. The van der Waals surface area contributed by atoms with Crippen LogP contribution >= 0.6 is 27.5 Å². The zero-order valence-electron chi connectivity index (χ0n) is 10.9. The van der Waals surface area contributed by atoms with E-state index >= 15 is 0 Å². The predicted molar refractivity (Wildman–Crippen MR) is 88.8 cm³/mol. The highest BCUT2D eigenvalue weighted by Crippen LogP contribution is 2.16. The molecule has 0 aliphatic heterocycles. The summed E-state index contributed by atoms with van der Waals surface area (Å²) in [5.74, 6) is 0.567. The minimum absolute atomic E-state index is 0.163. The van der Waals surface area contributed by atoms with Crippen LogP contribution in [0.1, 0.15) is 5.82 Å². The molecule has 0 bridgehead atoms. The lowest BCUT2D eigenvalue weighted by atomic mass is 10.2. The Morgan fingerprint density at radius 3 is 2.71 bits per heavy atom. The molecule has 21 heavy (non-hydrogen) atoms. The molecule has 0 atom stereocenters. The highest BCUT2D eigenvalue weighted by Gasteiger charge is 2.04. The third-order valence-electron chi connectivity index (χ3n) is 3.02. The number of rotatable bonds is 3. The fourth-order valence-corrected chi connectivity index (χ4v) is 2.43. The highest BCUT2D eigenvalue weighted by molar-refractivity contribution is 9.10. The minimum atomic E-state index is -0.163. The number of hydrogen-bond acceptors (Lipinski definition) is 3. The Labute approximate surface area is 134 Å². The van der Waals surface area contributed by atoms with Crippen molar-refractivity contribution in [3.05, 3.63) is 68.1 Å². The van der Waals surface area contributed by atoms with Gasteiger partial charge in [0, 0.05) is 15.2 Å². The van der Waals surface area contributed by atoms with E-state index in [9.17, 15) is 4.79 Å². The van der Waals surface area contributed by atoms with E-state index in [1.807, 2.05) is 24.3 Å². The Morgan fingerprint density at radius 2 is 1.95 bits per heavy atom. The van der Waals surface area contributed by atoms with Gasteiger partial charge >= 0.3 is 0 Å². The smallest absolute Gasteiger partial charge is 0.258 e. The van der Waals surface area contributed by atoms with Crippen LogP contribution in [-0.4, -0.2) is 9.97 Å². The van der Waals surface area contributed by atoms with Crippen LogP contribution in [0.15, 0.2) is 51.7 Å². The summed E-state index contributed by atoms with van der Waals surface area (Å²) >= 11 is 9.32. The van der Waals surface area contributed by atoms with E-state index in [1.165, 1.54) is 0 Å². The number of nitrogens with one attached hydrogen (secondary N) is 2. The summed E-state index contributed by atoms with van der Waals surface area (Å²) in [4.78, 5) is 19.2. The van der Waals surface area contributed by atoms with Crippen LogP contribution in [0.3, 0.4) is 0 Å². The van der Waals surface area contributed by atoms with Crippen LogP contribution in [0.25, 0.3) is 10.9 Å². The molecule has 0 radical (unpaired) electrons. The SMILES string of the molecule is O=c1[nH]c(CNc2ccc(Br)cc2)nc2cc(Cl)ccc12. The molecule has 0 fully saturated rings. The highest BCUT2D eigenvalue weighted by atomic mass is 79.9. The fourth-order valence-electron chi connectivity index (χ4n) is 2.00. The summed E-state index contributed by atoms with van der Waals surface area (Å²) in [6, 6.07) is 12.8. The molecule has 0 spiro atoms. The van der Waals surface area contributed by atoms with E-state index in [1.54, 1.807) is 18.2 Å². The second kappa shape index (κ2) is 5.87. The van der Waals surface area contributed by atoms with Crippen molar-refractivity contribution in [2.24, 2.45) is 0 Å². The average molecular weight is 365 g/mol. The molecule has 3 aromatic rings. The first kappa shape index (κ1) is 14.1. The number of anilines is 1. The van der Waals surface area contributed by atoms with Gasteiger partial charge in [-0.1, -0.05) is 27.5 Å². The van der Waals surface area contributed by atoms with Crippen LogP contribution in [0, 0.1) is 0 Å². The molecule has 6 heteroatoms. The Hall–Kier alpha value is -1.85. The Balaban J connectivity index is 1.87. The molecule has 0 aliphatic rings. The van der Waals surface area contributed by atoms with Gasteiger partial charge in [0.2, 0.25) is 0 Å². The number of H-pyrrole nitrogens is 1. The van der Waals surface area contributed by atoms with Gasteiger partial charge in [-0.3, -0.25) is 4.79 Å². The third kappa shape index (κ3) is 3.25. The van der Waals surface area contributed by atoms with Crippen molar-refractivity contribution in [1.82, 2.24) is 9.97 Å². The van der Waals surface area contributed by atoms with Crippen molar-refractivity contribution >= 4 is 44.1 Å². The molecule has 2 aromatic carbocycles. The van der Waals surface area contributed by atoms with Gasteiger partial charge in [0.15, 0.2) is 0 Å². The van der Waals surface area contributed by atoms with Gasteiger partial charge in [0.05, 0.1) is 17.4 Å². The fraction of sp³-hybridized carbons (Fsp3) is 0.0667. The van der Waals surface area contributed by atoms with E-state index in [0.29, 0.717) is 28.3 Å². The number of aromatic nitrogens is 2. The number of nitrogens with zero attached hydrogens (tertiary/aromatic N) is 1. The summed E-state index contributed by atoms with van der Waals surface area (Å²) in [7, 11) is 0. The topological polar surface area (TPSA) is 57.8 Å². The van der Waals surface area contributed by atoms with Crippen LogP contribution in [0.5, 0.6) is 0 Å². The lowest BCUT2D eigenvalue weighted by molar-refractivity contribution is 0.953. The van der Waals surface area contributed by atoms with Crippen LogP contribution < -0.4 is 10.9 Å². The van der Waals surface area contributed by atoms with Gasteiger partial charge in [0.1, 0.15) is 5.82 Å². The summed E-state index contributed by atoms with van der Waals surface area (Å²) in [5, 5.41) is 4.30. The lowest BCUT2D eigenvalue weighted by Crippen LogP contribution is -2.14. The summed E-state index contributed by atoms with van der Waals surface area (Å²) in [6.45, 7) is 0.430. The monoisotopic (exact) mass is 363 g/mol. The first-order valence-electron chi connectivity index (χ1n) is 6.30. The first-order chi connectivity index (χ1) is 10.1. The standard InChI is InChI=1S/C15H11BrClN3O/c16-9-1-4-11(5-2-9)18-8-14-19-13-7-10(17)3-6-12(13)15(21)20-14/h1-7,18H,8H2,(H,19,20,21). The molecule has 1 heterocycles. The molecule has 1 aromatic heterocycles. The quantitative estimate of drug-likeness (QED) is 0.740. The van der Waals surface area contributed by atoms with Crippen molar-refractivity contribution in [3.63, 3.8) is 0 Å². The summed E-state index contributed by atoms with van der Waals surface area (Å²) in [5.41, 5.74) is 1.38. The van der Waals surface area contributed by atoms with Crippen molar-refractivity contribution in [2.75, 3.05) is 5.32 Å². The van der Waals surface area contributed by atoms with E-state index < -0.39 is 0 Å². The van der Waals surface area contributed by atoms with E-state index in [0.717, 1.165) is 10.2 Å². The molecule has 0 saturated heterocycles. The van der Waals surface area contributed by atoms with Gasteiger partial charge in [0.25, 0.3) is 5.56 Å². The zero-order chi connectivity index (χ0) is 14.8. The van der Waals surface area contributed by atoms with E-state index in [2.05, 4.69) is 31.2 Å². The summed E-state index contributed by atoms with van der Waals surface area (Å²) < 4.78 is 1.01. The zero-order valence-corrected chi connectivity index (χ0v) is 13.2. The maximum absolute atomic E-state index is 12.0. The minimum Gasteiger partial charge on any atom is -0.378 e. The van der Waals surface area contributed by atoms with Gasteiger partial charge in [-0.05, 0) is 42.5 Å². The normalized spacial score (nSPS) is 10.8. The number of hydrogen-bond donors (Lipinski definition) is 2. The maximum Gasteiger partial charge on any atom is 0.258 e. The Bertz CT molecular complexity index is 846. The molecular weight excluding hydrogens is 354 g/mol. The van der Waals surface area contributed by atoms with Gasteiger partial charge < -0.3 is 10.3 Å². The van der Waals surface area contributed by atoms with E-state index in [4.69, 9.17) is 11.6 Å². The van der Waals surface area contributed by atoms with Crippen molar-refractivity contribution in [1.29, 1.82) is 0 Å². The van der Waals surface area contributed by atoms with E-state index in [-0.39, 0.29) is 5.56 Å². The second-order valence-electron chi connectivity index (χ2n) is 4.53. The Morgan fingerprint density at radius 1 is 1.19 bits per heavy atom. The molecular formula is C15H11BrClN3O. The summed E-state index contributed by atoms with van der Waals surface area (Å²) in [6.07, 6.45) is 0. The van der Waals surface area contributed by atoms with Gasteiger partial charge in [-0.15, -0.1) is 0 Å². The molecule has 0 aliphatic carbocycles. The lowest BCUT2D eigenvalue weighted by Gasteiger charge is -2.07. The van der Waals surface area contributed by atoms with Crippen molar-refractivity contribution < 1.29 is 0 Å². The molecule has 0 saturated carbocycles. The largest absolute Gasteiger partial charge is 0.378 e. The number of aromatic amines is 1. The number of fused-ring (bicyclic) bond motifs is 1. The maximum atomic E-state index is 12.0. The first-order valence-corrected chi connectivity index (χ1v) is 7.47. The third-order valence-corrected chi connectivity index (χ3v) is 3.79. The average Bonchev–Trinajstić information content (AvgIpc) is 2.46.